The first-order chi connectivity index (χ1) is 10.0. The van der Waals surface area contributed by atoms with Gasteiger partial charge in [-0.15, -0.1) is 0 Å². The molecule has 1 aliphatic heterocycles. The zero-order valence-corrected chi connectivity index (χ0v) is 12.6. The molecule has 1 saturated heterocycles. The minimum absolute atomic E-state index is 0.0660. The second kappa shape index (κ2) is 5.68. The molecule has 5 nitrogen and oxygen atoms in total. The fraction of sp³-hybridized carbons (Fsp3) is 0.438. The highest BCUT2D eigenvalue weighted by atomic mass is 16.2. The molecular weight excluding hydrogens is 268 g/mol. The lowest BCUT2D eigenvalue weighted by atomic mass is 9.87. The Morgan fingerprint density at radius 1 is 1.10 bits per heavy atom. The number of imide groups is 1. The Kier molecular flexibility index (Phi) is 4.11. The molecule has 112 valence electrons. The Bertz CT molecular complexity index is 610. The number of carbonyl (C=O) groups excluding carboxylic acids is 3. The van der Waals surface area contributed by atoms with Crippen LogP contribution < -0.4 is 5.73 Å². The summed E-state index contributed by atoms with van der Waals surface area (Å²) in [6.07, 6.45) is 0.581. The molecule has 1 aromatic rings. The van der Waals surface area contributed by atoms with Crippen molar-refractivity contribution >= 4 is 23.3 Å². The van der Waals surface area contributed by atoms with Gasteiger partial charge in [0.15, 0.2) is 5.78 Å². The SMILES string of the molecule is CC.CN1C(=O)CC(C2Cc3c(N)cccc3C2=O)C1=O. The minimum Gasteiger partial charge on any atom is -0.398 e. The van der Waals surface area contributed by atoms with Crippen LogP contribution >= 0.6 is 0 Å². The van der Waals surface area contributed by atoms with E-state index in [2.05, 4.69) is 0 Å². The Morgan fingerprint density at radius 3 is 2.29 bits per heavy atom. The molecule has 0 spiro atoms. The summed E-state index contributed by atoms with van der Waals surface area (Å²) in [5, 5.41) is 0. The van der Waals surface area contributed by atoms with Crippen molar-refractivity contribution < 1.29 is 14.4 Å². The van der Waals surface area contributed by atoms with E-state index in [0.29, 0.717) is 17.7 Å². The van der Waals surface area contributed by atoms with E-state index in [1.165, 1.54) is 7.05 Å². The van der Waals surface area contributed by atoms with Crippen molar-refractivity contribution in [1.82, 2.24) is 4.90 Å². The summed E-state index contributed by atoms with van der Waals surface area (Å²) in [6, 6.07) is 5.23. The summed E-state index contributed by atoms with van der Waals surface area (Å²) in [4.78, 5) is 37.0. The minimum atomic E-state index is -0.531. The maximum absolute atomic E-state index is 12.4. The number of hydrogen-bond acceptors (Lipinski definition) is 4. The number of carbonyl (C=O) groups is 3. The molecule has 2 amide bonds. The molecule has 0 aromatic heterocycles. The van der Waals surface area contributed by atoms with Crippen molar-refractivity contribution in [1.29, 1.82) is 0 Å². The van der Waals surface area contributed by atoms with Crippen LogP contribution in [0.3, 0.4) is 0 Å². The van der Waals surface area contributed by atoms with E-state index in [-0.39, 0.29) is 24.0 Å². The fourth-order valence-electron chi connectivity index (χ4n) is 3.00. The largest absolute Gasteiger partial charge is 0.398 e. The molecule has 1 aromatic carbocycles. The standard InChI is InChI=1S/C14H14N2O3.C2H6/c1-16-12(17)6-10(14(16)19)9-5-8-7(13(9)18)3-2-4-11(8)15;1-2/h2-4,9-10H,5-6,15H2,1H3;1-2H3. The van der Waals surface area contributed by atoms with E-state index in [9.17, 15) is 14.4 Å². The van der Waals surface area contributed by atoms with E-state index < -0.39 is 11.8 Å². The molecule has 3 rings (SSSR count). The van der Waals surface area contributed by atoms with Crippen molar-refractivity contribution in [3.63, 3.8) is 0 Å². The van der Waals surface area contributed by atoms with Gasteiger partial charge in [-0.05, 0) is 18.1 Å². The number of Topliss-reactive ketones (excluding diaryl/α,β-unsaturated/α-hetero) is 1. The van der Waals surface area contributed by atoms with Crippen LogP contribution in [-0.4, -0.2) is 29.5 Å². The Hall–Kier alpha value is -2.17. The number of amides is 2. The van der Waals surface area contributed by atoms with Crippen molar-refractivity contribution in [2.45, 2.75) is 26.7 Å². The number of likely N-dealkylation sites (tertiary alicyclic amines) is 1. The first-order valence-corrected chi connectivity index (χ1v) is 7.22. The summed E-state index contributed by atoms with van der Waals surface area (Å²) >= 11 is 0. The third kappa shape index (κ3) is 2.33. The summed E-state index contributed by atoms with van der Waals surface area (Å²) < 4.78 is 0. The number of nitrogens with two attached hydrogens (primary N) is 1. The van der Waals surface area contributed by atoms with Gasteiger partial charge in [0, 0.05) is 30.6 Å². The zero-order valence-electron chi connectivity index (χ0n) is 12.6. The van der Waals surface area contributed by atoms with Gasteiger partial charge in [0.25, 0.3) is 0 Å². The van der Waals surface area contributed by atoms with Gasteiger partial charge in [-0.1, -0.05) is 26.0 Å². The smallest absolute Gasteiger partial charge is 0.233 e. The van der Waals surface area contributed by atoms with Gasteiger partial charge in [-0.2, -0.15) is 0 Å². The van der Waals surface area contributed by atoms with E-state index >= 15 is 0 Å². The predicted molar refractivity (Wildman–Crippen MR) is 79.6 cm³/mol. The van der Waals surface area contributed by atoms with Crippen LogP contribution in [0.1, 0.15) is 36.2 Å². The van der Waals surface area contributed by atoms with Gasteiger partial charge in [-0.25, -0.2) is 0 Å². The predicted octanol–water partition coefficient (Wildman–Crippen LogP) is 1.65. The number of anilines is 1. The van der Waals surface area contributed by atoms with Gasteiger partial charge in [0.1, 0.15) is 0 Å². The Labute approximate surface area is 124 Å². The van der Waals surface area contributed by atoms with Crippen molar-refractivity contribution in [3.8, 4) is 0 Å². The van der Waals surface area contributed by atoms with E-state index in [0.717, 1.165) is 10.5 Å². The van der Waals surface area contributed by atoms with Crippen molar-refractivity contribution in [2.75, 3.05) is 12.8 Å². The van der Waals surface area contributed by atoms with Crippen LogP contribution in [0.25, 0.3) is 0 Å². The number of nitrogens with zero attached hydrogens (tertiary/aromatic N) is 1. The molecule has 2 aliphatic rings. The molecule has 1 heterocycles. The average Bonchev–Trinajstić information content (AvgIpc) is 2.95. The number of ketones is 1. The molecule has 2 atom stereocenters. The molecule has 0 bridgehead atoms. The van der Waals surface area contributed by atoms with E-state index in [1.54, 1.807) is 18.2 Å². The van der Waals surface area contributed by atoms with Crippen LogP contribution in [0.5, 0.6) is 0 Å². The molecule has 0 radical (unpaired) electrons. The van der Waals surface area contributed by atoms with Gasteiger partial charge >= 0.3 is 0 Å². The molecule has 21 heavy (non-hydrogen) atoms. The zero-order chi connectivity index (χ0) is 15.7. The number of fused-ring (bicyclic) bond motifs is 1. The lowest BCUT2D eigenvalue weighted by molar-refractivity contribution is -0.138. The first kappa shape index (κ1) is 15.2. The quantitative estimate of drug-likeness (QED) is 0.629. The number of benzene rings is 1. The van der Waals surface area contributed by atoms with E-state index in [1.807, 2.05) is 13.8 Å². The van der Waals surface area contributed by atoms with Crippen LogP contribution in [0.2, 0.25) is 0 Å². The molecule has 2 unspecified atom stereocenters. The second-order valence-electron chi connectivity index (χ2n) is 5.15. The number of nitrogen functional groups attached to an aromatic ring is 1. The van der Waals surface area contributed by atoms with Gasteiger partial charge < -0.3 is 5.73 Å². The maximum Gasteiger partial charge on any atom is 0.233 e. The second-order valence-corrected chi connectivity index (χ2v) is 5.15. The Morgan fingerprint density at radius 2 is 1.76 bits per heavy atom. The van der Waals surface area contributed by atoms with Gasteiger partial charge in [0.05, 0.1) is 5.92 Å². The lowest BCUT2D eigenvalue weighted by Crippen LogP contribution is -2.30. The van der Waals surface area contributed by atoms with Crippen LogP contribution in [0.4, 0.5) is 5.69 Å². The molecule has 1 aliphatic carbocycles. The summed E-state index contributed by atoms with van der Waals surface area (Å²) in [5.41, 5.74) is 7.86. The van der Waals surface area contributed by atoms with Crippen molar-refractivity contribution in [2.24, 2.45) is 11.8 Å². The molecule has 0 saturated carbocycles. The highest BCUT2D eigenvalue weighted by molar-refractivity contribution is 6.10. The molecular formula is C16H20N2O3. The highest BCUT2D eigenvalue weighted by Gasteiger charge is 2.46. The van der Waals surface area contributed by atoms with Crippen LogP contribution in [0, 0.1) is 11.8 Å². The molecule has 1 fully saturated rings. The van der Waals surface area contributed by atoms with Crippen molar-refractivity contribution in [3.05, 3.63) is 29.3 Å². The van der Waals surface area contributed by atoms with Gasteiger partial charge in [-0.3, -0.25) is 19.3 Å². The van der Waals surface area contributed by atoms with Crippen LogP contribution in [0.15, 0.2) is 18.2 Å². The third-order valence-electron chi connectivity index (χ3n) is 4.14. The lowest BCUT2D eigenvalue weighted by Gasteiger charge is -2.14. The Balaban J connectivity index is 0.000000774. The summed E-state index contributed by atoms with van der Waals surface area (Å²) in [7, 11) is 1.46. The summed E-state index contributed by atoms with van der Waals surface area (Å²) in [6.45, 7) is 4.00. The summed E-state index contributed by atoms with van der Waals surface area (Å²) in [5.74, 6) is -1.51. The number of rotatable bonds is 1. The normalized spacial score (nSPS) is 24.0. The van der Waals surface area contributed by atoms with Crippen LogP contribution in [-0.2, 0) is 16.0 Å². The molecule has 5 heteroatoms. The van der Waals surface area contributed by atoms with Gasteiger partial charge in [0.2, 0.25) is 11.8 Å². The molecule has 2 N–H and O–H groups in total. The highest BCUT2D eigenvalue weighted by Crippen LogP contribution is 2.38. The number of hydrogen-bond donors (Lipinski definition) is 1. The van der Waals surface area contributed by atoms with E-state index in [4.69, 9.17) is 5.73 Å². The topological polar surface area (TPSA) is 80.5 Å². The average molecular weight is 288 g/mol. The first-order valence-electron chi connectivity index (χ1n) is 7.22. The fourth-order valence-corrected chi connectivity index (χ4v) is 3.00. The third-order valence-corrected chi connectivity index (χ3v) is 4.14. The maximum atomic E-state index is 12.4. The monoisotopic (exact) mass is 288 g/mol.